The molecule has 0 fully saturated rings. The average Bonchev–Trinajstić information content (AvgIpc) is 2.83. The minimum absolute atomic E-state index is 0.293. The maximum atomic E-state index is 12.8. The SMILES string of the molecule is Cc1cccc(COc2cccc(C(=O)Nc3ncccc3OCc3ccncc3)c2)c1. The Morgan fingerprint density at radius 2 is 1.66 bits per heavy atom. The number of hydrogen-bond acceptors (Lipinski definition) is 5. The van der Waals surface area contributed by atoms with Crippen LogP contribution in [0.1, 0.15) is 27.0 Å². The molecule has 32 heavy (non-hydrogen) atoms. The Morgan fingerprint density at radius 1 is 0.844 bits per heavy atom. The van der Waals surface area contributed by atoms with E-state index < -0.39 is 0 Å². The van der Waals surface area contributed by atoms with Gasteiger partial charge in [-0.1, -0.05) is 35.9 Å². The van der Waals surface area contributed by atoms with Crippen LogP contribution in [0, 0.1) is 6.92 Å². The van der Waals surface area contributed by atoms with Gasteiger partial charge in [-0.2, -0.15) is 0 Å². The van der Waals surface area contributed by atoms with Crippen LogP contribution < -0.4 is 14.8 Å². The van der Waals surface area contributed by atoms with Crippen LogP contribution in [0.2, 0.25) is 0 Å². The van der Waals surface area contributed by atoms with Gasteiger partial charge in [-0.25, -0.2) is 4.98 Å². The third-order valence-electron chi connectivity index (χ3n) is 4.73. The molecule has 4 rings (SSSR count). The van der Waals surface area contributed by atoms with Crippen molar-refractivity contribution in [2.45, 2.75) is 20.1 Å². The molecule has 6 nitrogen and oxygen atoms in total. The lowest BCUT2D eigenvalue weighted by Crippen LogP contribution is -2.14. The zero-order valence-corrected chi connectivity index (χ0v) is 17.7. The molecule has 0 radical (unpaired) electrons. The lowest BCUT2D eigenvalue weighted by Gasteiger charge is -2.12. The van der Waals surface area contributed by atoms with Gasteiger partial charge in [0, 0.05) is 24.2 Å². The Morgan fingerprint density at radius 3 is 2.50 bits per heavy atom. The number of rotatable bonds is 8. The van der Waals surface area contributed by atoms with Gasteiger partial charge in [0.1, 0.15) is 19.0 Å². The molecule has 0 aliphatic rings. The summed E-state index contributed by atoms with van der Waals surface area (Å²) in [4.78, 5) is 21.1. The van der Waals surface area contributed by atoms with Crippen LogP contribution in [-0.4, -0.2) is 15.9 Å². The van der Waals surface area contributed by atoms with E-state index in [1.54, 1.807) is 48.9 Å². The van der Waals surface area contributed by atoms with E-state index in [1.165, 1.54) is 5.56 Å². The van der Waals surface area contributed by atoms with E-state index in [0.717, 1.165) is 11.1 Å². The van der Waals surface area contributed by atoms with Crippen molar-refractivity contribution in [3.05, 3.63) is 114 Å². The second kappa shape index (κ2) is 10.2. The van der Waals surface area contributed by atoms with Crippen LogP contribution in [0.3, 0.4) is 0 Å². The lowest BCUT2D eigenvalue weighted by atomic mass is 10.1. The summed E-state index contributed by atoms with van der Waals surface area (Å²) in [5.41, 5.74) is 3.69. The van der Waals surface area contributed by atoms with E-state index in [9.17, 15) is 4.79 Å². The first-order valence-corrected chi connectivity index (χ1v) is 10.2. The summed E-state index contributed by atoms with van der Waals surface area (Å²) in [5.74, 6) is 1.18. The highest BCUT2D eigenvalue weighted by Crippen LogP contribution is 2.23. The van der Waals surface area contributed by atoms with Crippen molar-refractivity contribution in [3.63, 3.8) is 0 Å². The first-order valence-electron chi connectivity index (χ1n) is 10.2. The summed E-state index contributed by atoms with van der Waals surface area (Å²) < 4.78 is 11.7. The number of nitrogens with zero attached hydrogens (tertiary/aromatic N) is 2. The summed E-state index contributed by atoms with van der Waals surface area (Å²) in [5, 5.41) is 2.83. The fourth-order valence-corrected chi connectivity index (χ4v) is 3.12. The highest BCUT2D eigenvalue weighted by Gasteiger charge is 2.12. The van der Waals surface area contributed by atoms with Crippen LogP contribution >= 0.6 is 0 Å². The summed E-state index contributed by atoms with van der Waals surface area (Å²) in [6.45, 7) is 2.82. The highest BCUT2D eigenvalue weighted by atomic mass is 16.5. The Hall–Kier alpha value is -4.19. The fourth-order valence-electron chi connectivity index (χ4n) is 3.12. The lowest BCUT2D eigenvalue weighted by molar-refractivity contribution is 0.102. The second-order valence-corrected chi connectivity index (χ2v) is 7.25. The number of carbonyl (C=O) groups excluding carboxylic acids is 1. The molecule has 0 saturated carbocycles. The van der Waals surface area contributed by atoms with E-state index in [0.29, 0.717) is 36.1 Å². The number of aryl methyl sites for hydroxylation is 1. The van der Waals surface area contributed by atoms with Gasteiger partial charge < -0.3 is 14.8 Å². The minimum Gasteiger partial charge on any atom is -0.489 e. The van der Waals surface area contributed by atoms with Crippen LogP contribution in [-0.2, 0) is 13.2 Å². The van der Waals surface area contributed by atoms with Crippen molar-refractivity contribution in [1.82, 2.24) is 9.97 Å². The number of aromatic nitrogens is 2. The summed E-state index contributed by atoms with van der Waals surface area (Å²) in [6, 6.07) is 22.5. The van der Waals surface area contributed by atoms with E-state index in [4.69, 9.17) is 9.47 Å². The second-order valence-electron chi connectivity index (χ2n) is 7.25. The van der Waals surface area contributed by atoms with Gasteiger partial charge in [0.2, 0.25) is 0 Å². The number of carbonyl (C=O) groups is 1. The van der Waals surface area contributed by atoms with Gasteiger partial charge >= 0.3 is 0 Å². The number of anilines is 1. The molecule has 0 spiro atoms. The zero-order chi connectivity index (χ0) is 22.2. The normalized spacial score (nSPS) is 10.4. The number of nitrogens with one attached hydrogen (secondary N) is 1. The number of benzene rings is 2. The number of hydrogen-bond donors (Lipinski definition) is 1. The molecule has 1 amide bonds. The Balaban J connectivity index is 1.41. The van der Waals surface area contributed by atoms with Gasteiger partial charge in [0.25, 0.3) is 5.91 Å². The predicted molar refractivity (Wildman–Crippen MR) is 123 cm³/mol. The molecule has 0 saturated heterocycles. The Bertz CT molecular complexity index is 1200. The molecule has 0 bridgehead atoms. The van der Waals surface area contributed by atoms with Crippen molar-refractivity contribution in [2.24, 2.45) is 0 Å². The average molecular weight is 425 g/mol. The monoisotopic (exact) mass is 425 g/mol. The molecule has 4 aromatic rings. The van der Waals surface area contributed by atoms with Gasteiger partial charge in [-0.15, -0.1) is 0 Å². The van der Waals surface area contributed by atoms with E-state index in [1.807, 2.05) is 43.3 Å². The maximum absolute atomic E-state index is 12.8. The Kier molecular flexibility index (Phi) is 6.72. The standard InChI is InChI=1S/C26H23N3O3/c1-19-5-2-6-21(15-19)18-31-23-8-3-7-22(16-23)26(30)29-25-24(9-4-12-28-25)32-17-20-10-13-27-14-11-20/h2-16H,17-18H2,1H3,(H,28,29,30). The molecule has 0 aliphatic carbocycles. The van der Waals surface area contributed by atoms with Crippen molar-refractivity contribution in [2.75, 3.05) is 5.32 Å². The number of amides is 1. The van der Waals surface area contributed by atoms with Crippen LogP contribution in [0.5, 0.6) is 11.5 Å². The van der Waals surface area contributed by atoms with E-state index in [-0.39, 0.29) is 5.91 Å². The molecule has 6 heteroatoms. The summed E-state index contributed by atoms with van der Waals surface area (Å²) in [7, 11) is 0. The third-order valence-corrected chi connectivity index (χ3v) is 4.73. The third kappa shape index (κ3) is 5.70. The van der Waals surface area contributed by atoms with Gasteiger partial charge in [0.15, 0.2) is 11.6 Å². The molecular formula is C26H23N3O3. The van der Waals surface area contributed by atoms with Gasteiger partial charge in [0.05, 0.1) is 0 Å². The van der Waals surface area contributed by atoms with Crippen LogP contribution in [0.25, 0.3) is 0 Å². The van der Waals surface area contributed by atoms with Crippen molar-refractivity contribution >= 4 is 11.7 Å². The highest BCUT2D eigenvalue weighted by molar-refractivity contribution is 6.04. The molecule has 2 aromatic carbocycles. The topological polar surface area (TPSA) is 73.3 Å². The molecule has 160 valence electrons. The first-order chi connectivity index (χ1) is 15.7. The minimum atomic E-state index is -0.293. The largest absolute Gasteiger partial charge is 0.489 e. The van der Waals surface area contributed by atoms with Crippen molar-refractivity contribution in [1.29, 1.82) is 0 Å². The number of ether oxygens (including phenoxy) is 2. The van der Waals surface area contributed by atoms with E-state index >= 15 is 0 Å². The first kappa shape index (κ1) is 21.1. The summed E-state index contributed by atoms with van der Waals surface area (Å²) in [6.07, 6.45) is 5.02. The molecule has 2 aromatic heterocycles. The van der Waals surface area contributed by atoms with Gasteiger partial charge in [-0.3, -0.25) is 9.78 Å². The molecular weight excluding hydrogens is 402 g/mol. The van der Waals surface area contributed by atoms with E-state index in [2.05, 4.69) is 21.4 Å². The quantitative estimate of drug-likeness (QED) is 0.420. The van der Waals surface area contributed by atoms with Gasteiger partial charge in [-0.05, 0) is 60.5 Å². The smallest absolute Gasteiger partial charge is 0.257 e. The molecule has 0 unspecified atom stereocenters. The molecule has 0 atom stereocenters. The summed E-state index contributed by atoms with van der Waals surface area (Å²) >= 11 is 0. The Labute approximate surface area is 186 Å². The van der Waals surface area contributed by atoms with Crippen LogP contribution in [0.15, 0.2) is 91.4 Å². The molecule has 2 heterocycles. The fraction of sp³-hybridized carbons (Fsp3) is 0.115. The van der Waals surface area contributed by atoms with Crippen LogP contribution in [0.4, 0.5) is 5.82 Å². The molecule has 0 aliphatic heterocycles. The number of pyridine rings is 2. The predicted octanol–water partition coefficient (Wildman–Crippen LogP) is 5.20. The molecule has 1 N–H and O–H groups in total. The van der Waals surface area contributed by atoms with Crippen molar-refractivity contribution < 1.29 is 14.3 Å². The zero-order valence-electron chi connectivity index (χ0n) is 17.7. The maximum Gasteiger partial charge on any atom is 0.257 e. The van der Waals surface area contributed by atoms with Crippen molar-refractivity contribution in [3.8, 4) is 11.5 Å².